The SMILES string of the molecule is C=C(CC(CC)C1(C)OOC2(CCCCC2)O1)NS(=O)(=O)c1cccc2c(N(C)C)cccc12. The first-order valence-corrected chi connectivity index (χ1v) is 13.5. The van der Waals surface area contributed by atoms with Gasteiger partial charge in [-0.15, -0.1) is 0 Å². The van der Waals surface area contributed by atoms with Crippen LogP contribution in [0.25, 0.3) is 10.8 Å². The van der Waals surface area contributed by atoms with Gasteiger partial charge in [0.05, 0.1) is 4.90 Å². The molecule has 1 saturated carbocycles. The molecular formula is C26H36N2O5S. The molecule has 34 heavy (non-hydrogen) atoms. The number of benzene rings is 2. The lowest BCUT2D eigenvalue weighted by Crippen LogP contribution is -2.41. The molecule has 4 rings (SSSR count). The molecule has 8 heteroatoms. The maximum absolute atomic E-state index is 13.4. The molecule has 186 valence electrons. The quantitative estimate of drug-likeness (QED) is 0.497. The minimum absolute atomic E-state index is 0.128. The molecular weight excluding hydrogens is 452 g/mol. The van der Waals surface area contributed by atoms with E-state index < -0.39 is 21.6 Å². The van der Waals surface area contributed by atoms with Gasteiger partial charge in [0.25, 0.3) is 10.0 Å². The van der Waals surface area contributed by atoms with Gasteiger partial charge >= 0.3 is 0 Å². The van der Waals surface area contributed by atoms with E-state index in [1.165, 1.54) is 6.42 Å². The topological polar surface area (TPSA) is 77.1 Å². The number of sulfonamides is 1. The van der Waals surface area contributed by atoms with Gasteiger partial charge in [0.2, 0.25) is 11.6 Å². The molecule has 2 aromatic carbocycles. The third-order valence-corrected chi connectivity index (χ3v) is 8.49. The summed E-state index contributed by atoms with van der Waals surface area (Å²) < 4.78 is 35.8. The van der Waals surface area contributed by atoms with Crippen LogP contribution in [0.5, 0.6) is 0 Å². The van der Waals surface area contributed by atoms with E-state index in [4.69, 9.17) is 14.5 Å². The molecule has 2 fully saturated rings. The highest BCUT2D eigenvalue weighted by atomic mass is 32.2. The van der Waals surface area contributed by atoms with E-state index >= 15 is 0 Å². The first-order chi connectivity index (χ1) is 16.1. The second-order valence-electron chi connectivity index (χ2n) is 9.80. The zero-order valence-corrected chi connectivity index (χ0v) is 21.4. The van der Waals surface area contributed by atoms with Crippen molar-refractivity contribution in [2.75, 3.05) is 19.0 Å². The van der Waals surface area contributed by atoms with Crippen LogP contribution in [0.2, 0.25) is 0 Å². The number of ether oxygens (including phenoxy) is 1. The van der Waals surface area contributed by atoms with Crippen molar-refractivity contribution in [1.82, 2.24) is 4.72 Å². The Morgan fingerprint density at radius 1 is 1.09 bits per heavy atom. The summed E-state index contributed by atoms with van der Waals surface area (Å²) in [5.41, 5.74) is 1.35. The predicted octanol–water partition coefficient (Wildman–Crippen LogP) is 5.47. The van der Waals surface area contributed by atoms with Gasteiger partial charge in [0, 0.05) is 55.0 Å². The molecule has 2 aromatic rings. The third kappa shape index (κ3) is 4.82. The van der Waals surface area contributed by atoms with Crippen molar-refractivity contribution in [1.29, 1.82) is 0 Å². The van der Waals surface area contributed by atoms with Gasteiger partial charge in [-0.05, 0) is 44.7 Å². The molecule has 1 heterocycles. The largest absolute Gasteiger partial charge is 0.377 e. The summed E-state index contributed by atoms with van der Waals surface area (Å²) in [5.74, 6) is -1.77. The van der Waals surface area contributed by atoms with Crippen LogP contribution in [-0.4, -0.2) is 34.1 Å². The maximum atomic E-state index is 13.4. The van der Waals surface area contributed by atoms with E-state index in [-0.39, 0.29) is 10.8 Å². The predicted molar refractivity (Wildman–Crippen MR) is 134 cm³/mol. The number of hydrogen-bond donors (Lipinski definition) is 1. The molecule has 0 bridgehead atoms. The number of nitrogens with one attached hydrogen (secondary N) is 1. The van der Waals surface area contributed by atoms with Crippen LogP contribution in [0.15, 0.2) is 53.6 Å². The van der Waals surface area contributed by atoms with Crippen LogP contribution in [0.1, 0.15) is 58.8 Å². The molecule has 2 unspecified atom stereocenters. The standard InChI is InChI=1S/C26H36N2O5S/c1-6-20(25(3)31-26(33-32-25)16-8-7-9-17-26)18-19(2)27-34(29,30)24-15-11-12-21-22(24)13-10-14-23(21)28(4)5/h10-15,20,27H,2,6-9,16-18H2,1,3-5H3. The van der Waals surface area contributed by atoms with Crippen LogP contribution in [-0.2, 0) is 24.5 Å². The fraction of sp³-hybridized carbons (Fsp3) is 0.538. The highest BCUT2D eigenvalue weighted by Gasteiger charge is 2.53. The van der Waals surface area contributed by atoms with E-state index in [0.29, 0.717) is 17.5 Å². The summed E-state index contributed by atoms with van der Waals surface area (Å²) in [6, 6.07) is 11.0. The van der Waals surface area contributed by atoms with Gasteiger partial charge in [-0.3, -0.25) is 4.72 Å². The van der Waals surface area contributed by atoms with Gasteiger partial charge in [-0.1, -0.05) is 44.2 Å². The Kier molecular flexibility index (Phi) is 6.97. The van der Waals surface area contributed by atoms with Crippen LogP contribution < -0.4 is 9.62 Å². The third-order valence-electron chi connectivity index (χ3n) is 7.00. The first kappa shape index (κ1) is 25.0. The lowest BCUT2D eigenvalue weighted by Gasteiger charge is -2.34. The molecule has 0 radical (unpaired) electrons. The second kappa shape index (κ2) is 9.49. The van der Waals surface area contributed by atoms with Gasteiger partial charge in [-0.2, -0.15) is 9.78 Å². The lowest BCUT2D eigenvalue weighted by atomic mass is 9.90. The van der Waals surface area contributed by atoms with Crippen molar-refractivity contribution in [2.24, 2.45) is 5.92 Å². The zero-order chi connectivity index (χ0) is 24.6. The summed E-state index contributed by atoms with van der Waals surface area (Å²) >= 11 is 0. The summed E-state index contributed by atoms with van der Waals surface area (Å²) in [7, 11) is 0.0470. The Labute approximate surface area is 203 Å². The fourth-order valence-electron chi connectivity index (χ4n) is 5.16. The lowest BCUT2D eigenvalue weighted by molar-refractivity contribution is -0.359. The summed E-state index contributed by atoms with van der Waals surface area (Å²) in [4.78, 5) is 13.7. The van der Waals surface area contributed by atoms with Crippen molar-refractivity contribution in [2.45, 2.75) is 75.3 Å². The Bertz CT molecular complexity index is 1160. The minimum atomic E-state index is -3.83. The summed E-state index contributed by atoms with van der Waals surface area (Å²) in [6.45, 7) is 7.94. The molecule has 2 aliphatic rings. The number of nitrogens with zero attached hydrogens (tertiary/aromatic N) is 1. The minimum Gasteiger partial charge on any atom is -0.377 e. The van der Waals surface area contributed by atoms with Crippen molar-refractivity contribution in [3.05, 3.63) is 48.7 Å². The zero-order valence-electron chi connectivity index (χ0n) is 20.6. The monoisotopic (exact) mass is 488 g/mol. The van der Waals surface area contributed by atoms with Gasteiger partial charge in [0.1, 0.15) is 0 Å². The highest BCUT2D eigenvalue weighted by Crippen LogP contribution is 2.47. The molecule has 0 aromatic heterocycles. The van der Waals surface area contributed by atoms with Crippen LogP contribution >= 0.6 is 0 Å². The number of anilines is 1. The maximum Gasteiger partial charge on any atom is 0.262 e. The molecule has 7 nitrogen and oxygen atoms in total. The van der Waals surface area contributed by atoms with E-state index in [2.05, 4.69) is 11.3 Å². The summed E-state index contributed by atoms with van der Waals surface area (Å²) in [6.07, 6.45) is 5.97. The molecule has 1 saturated heterocycles. The van der Waals surface area contributed by atoms with E-state index in [9.17, 15) is 8.42 Å². The number of hydrogen-bond acceptors (Lipinski definition) is 6. The molecule has 1 aliphatic heterocycles. The molecule has 1 spiro atoms. The molecule has 0 amide bonds. The van der Waals surface area contributed by atoms with Crippen molar-refractivity contribution < 1.29 is 22.9 Å². The van der Waals surface area contributed by atoms with E-state index in [1.54, 1.807) is 12.1 Å². The van der Waals surface area contributed by atoms with Crippen molar-refractivity contribution in [3.8, 4) is 0 Å². The number of allylic oxidation sites excluding steroid dienone is 1. The normalized spacial score (nSPS) is 23.2. The Morgan fingerprint density at radius 3 is 2.44 bits per heavy atom. The Balaban J connectivity index is 1.52. The van der Waals surface area contributed by atoms with E-state index in [0.717, 1.165) is 43.2 Å². The fourth-order valence-corrected chi connectivity index (χ4v) is 6.46. The molecule has 1 N–H and O–H groups in total. The van der Waals surface area contributed by atoms with Crippen LogP contribution in [0, 0.1) is 5.92 Å². The summed E-state index contributed by atoms with van der Waals surface area (Å²) in [5, 5.41) is 1.55. The molecule has 1 aliphatic carbocycles. The van der Waals surface area contributed by atoms with Crippen molar-refractivity contribution >= 4 is 26.5 Å². The average Bonchev–Trinajstić information content (AvgIpc) is 3.13. The van der Waals surface area contributed by atoms with Crippen molar-refractivity contribution in [3.63, 3.8) is 0 Å². The van der Waals surface area contributed by atoms with Crippen LogP contribution in [0.4, 0.5) is 5.69 Å². The van der Waals surface area contributed by atoms with Gasteiger partial charge < -0.3 is 9.64 Å². The number of fused-ring (bicyclic) bond motifs is 1. The number of rotatable bonds is 8. The Morgan fingerprint density at radius 2 is 1.76 bits per heavy atom. The van der Waals surface area contributed by atoms with E-state index in [1.807, 2.05) is 57.1 Å². The smallest absolute Gasteiger partial charge is 0.262 e. The second-order valence-corrected chi connectivity index (χ2v) is 11.4. The highest BCUT2D eigenvalue weighted by molar-refractivity contribution is 7.89. The Hall–Kier alpha value is -2.13. The first-order valence-electron chi connectivity index (χ1n) is 12.1. The van der Waals surface area contributed by atoms with Crippen LogP contribution in [0.3, 0.4) is 0 Å². The van der Waals surface area contributed by atoms with Gasteiger partial charge in [-0.25, -0.2) is 8.42 Å². The molecule has 2 atom stereocenters. The average molecular weight is 489 g/mol. The van der Waals surface area contributed by atoms with Gasteiger partial charge in [0.15, 0.2) is 0 Å².